The fraction of sp³-hybridized carbons (Fsp3) is 0.438. The minimum absolute atomic E-state index is 1.10. The lowest BCUT2D eigenvalue weighted by atomic mass is 9.89. The lowest BCUT2D eigenvalue weighted by Crippen LogP contribution is -2.12. The zero-order valence-electron chi connectivity index (χ0n) is 11.1. The third kappa shape index (κ3) is 1.58. The molecule has 98 valence electrons. The Kier molecular flexibility index (Phi) is 2.49. The van der Waals surface area contributed by atoms with Crippen LogP contribution in [0, 0.1) is 0 Å². The number of fused-ring (bicyclic) bond motifs is 4. The standard InChI is InChI=1S/C16H19N3/c17-19-16-12-6-3-7-14(12)18-15-11-5-2-1-4-10(11)8-9-13(15)16/h8-9H,1-7,17H2,(H,18,19). The molecule has 3 heteroatoms. The van der Waals surface area contributed by atoms with Gasteiger partial charge in [0.15, 0.2) is 0 Å². The van der Waals surface area contributed by atoms with E-state index in [1.807, 2.05) is 0 Å². The minimum Gasteiger partial charge on any atom is -0.323 e. The normalized spacial score (nSPS) is 17.3. The van der Waals surface area contributed by atoms with Crippen LogP contribution in [0.25, 0.3) is 10.9 Å². The maximum absolute atomic E-state index is 5.79. The smallest absolute Gasteiger partial charge is 0.0761 e. The first kappa shape index (κ1) is 11.2. The molecule has 3 N–H and O–H groups in total. The number of nitrogen functional groups attached to an aromatic ring is 1. The van der Waals surface area contributed by atoms with Crippen LogP contribution in [-0.2, 0) is 25.7 Å². The zero-order valence-corrected chi connectivity index (χ0v) is 11.1. The highest BCUT2D eigenvalue weighted by Crippen LogP contribution is 2.37. The summed E-state index contributed by atoms with van der Waals surface area (Å²) in [7, 11) is 0. The summed E-state index contributed by atoms with van der Waals surface area (Å²) in [6, 6.07) is 4.49. The number of hydrogen-bond donors (Lipinski definition) is 2. The average molecular weight is 253 g/mol. The number of anilines is 1. The number of nitrogens with zero attached hydrogens (tertiary/aromatic N) is 1. The molecule has 2 aliphatic carbocycles. The SMILES string of the molecule is NNc1c2c(nc3c4c(ccc13)CCCC4)CCC2. The highest BCUT2D eigenvalue weighted by molar-refractivity contribution is 5.96. The third-order valence-electron chi connectivity index (χ3n) is 4.65. The van der Waals surface area contributed by atoms with Gasteiger partial charge in [0.05, 0.1) is 11.2 Å². The van der Waals surface area contributed by atoms with Gasteiger partial charge in [-0.25, -0.2) is 0 Å². The van der Waals surface area contributed by atoms with Crippen molar-refractivity contribution in [2.75, 3.05) is 5.43 Å². The van der Waals surface area contributed by atoms with E-state index in [4.69, 9.17) is 10.8 Å². The maximum Gasteiger partial charge on any atom is 0.0761 e. The molecule has 4 rings (SSSR count). The highest BCUT2D eigenvalue weighted by atomic mass is 15.2. The lowest BCUT2D eigenvalue weighted by Gasteiger charge is -2.20. The Bertz CT molecular complexity index is 661. The average Bonchev–Trinajstić information content (AvgIpc) is 2.92. The largest absolute Gasteiger partial charge is 0.323 e. The van der Waals surface area contributed by atoms with Crippen molar-refractivity contribution < 1.29 is 0 Å². The predicted molar refractivity (Wildman–Crippen MR) is 78.2 cm³/mol. The molecule has 0 saturated heterocycles. The molecule has 0 saturated carbocycles. The molecule has 0 atom stereocenters. The molecule has 3 nitrogen and oxygen atoms in total. The second-order valence-corrected chi connectivity index (χ2v) is 5.72. The predicted octanol–water partition coefficient (Wildman–Crippen LogP) is 2.89. The van der Waals surface area contributed by atoms with Gasteiger partial charge >= 0.3 is 0 Å². The van der Waals surface area contributed by atoms with Crippen LogP contribution in [0.3, 0.4) is 0 Å². The molecule has 0 fully saturated rings. The van der Waals surface area contributed by atoms with Crippen LogP contribution in [0.5, 0.6) is 0 Å². The van der Waals surface area contributed by atoms with E-state index < -0.39 is 0 Å². The van der Waals surface area contributed by atoms with Gasteiger partial charge in [0.1, 0.15) is 0 Å². The number of aryl methyl sites for hydroxylation is 3. The van der Waals surface area contributed by atoms with Crippen LogP contribution in [0.15, 0.2) is 12.1 Å². The molecule has 19 heavy (non-hydrogen) atoms. The van der Waals surface area contributed by atoms with Gasteiger partial charge in [-0.15, -0.1) is 0 Å². The number of benzene rings is 1. The van der Waals surface area contributed by atoms with E-state index in [2.05, 4.69) is 17.6 Å². The molecule has 2 aliphatic rings. The number of nitrogens with one attached hydrogen (secondary N) is 1. The summed E-state index contributed by atoms with van der Waals surface area (Å²) in [5.74, 6) is 5.79. The molecule has 0 bridgehead atoms. The fourth-order valence-corrected chi connectivity index (χ4v) is 3.72. The van der Waals surface area contributed by atoms with Crippen molar-refractivity contribution in [1.29, 1.82) is 0 Å². The number of aromatic nitrogens is 1. The zero-order chi connectivity index (χ0) is 12.8. The first-order valence-electron chi connectivity index (χ1n) is 7.31. The quantitative estimate of drug-likeness (QED) is 0.607. The van der Waals surface area contributed by atoms with E-state index in [1.54, 1.807) is 0 Å². The summed E-state index contributed by atoms with van der Waals surface area (Å²) < 4.78 is 0. The Balaban J connectivity index is 2.07. The molecule has 1 aromatic carbocycles. The topological polar surface area (TPSA) is 50.9 Å². The van der Waals surface area contributed by atoms with E-state index in [1.165, 1.54) is 65.4 Å². The summed E-state index contributed by atoms with van der Waals surface area (Å²) in [4.78, 5) is 4.98. The van der Waals surface area contributed by atoms with E-state index in [0.717, 1.165) is 18.5 Å². The van der Waals surface area contributed by atoms with E-state index in [9.17, 15) is 0 Å². The summed E-state index contributed by atoms with van der Waals surface area (Å²) in [6.07, 6.45) is 8.38. The van der Waals surface area contributed by atoms with E-state index >= 15 is 0 Å². The van der Waals surface area contributed by atoms with Crippen LogP contribution in [0.2, 0.25) is 0 Å². The van der Waals surface area contributed by atoms with Crippen molar-refractivity contribution in [3.05, 3.63) is 34.5 Å². The van der Waals surface area contributed by atoms with Crippen molar-refractivity contribution >= 4 is 16.6 Å². The van der Waals surface area contributed by atoms with E-state index in [-0.39, 0.29) is 0 Å². The molecule has 1 aromatic heterocycles. The second kappa shape index (κ2) is 4.20. The van der Waals surface area contributed by atoms with Gasteiger partial charge < -0.3 is 5.43 Å². The van der Waals surface area contributed by atoms with Crippen molar-refractivity contribution in [1.82, 2.24) is 4.98 Å². The van der Waals surface area contributed by atoms with Crippen LogP contribution in [0.4, 0.5) is 5.69 Å². The fourth-order valence-electron chi connectivity index (χ4n) is 3.72. The Morgan fingerprint density at radius 1 is 0.947 bits per heavy atom. The summed E-state index contributed by atoms with van der Waals surface area (Å²) >= 11 is 0. The van der Waals surface area contributed by atoms with Gasteiger partial charge in [-0.3, -0.25) is 10.8 Å². The van der Waals surface area contributed by atoms with Crippen molar-refractivity contribution in [3.63, 3.8) is 0 Å². The minimum atomic E-state index is 1.10. The molecule has 0 unspecified atom stereocenters. The van der Waals surface area contributed by atoms with Crippen molar-refractivity contribution in [2.45, 2.75) is 44.9 Å². The van der Waals surface area contributed by atoms with E-state index in [0.29, 0.717) is 0 Å². The van der Waals surface area contributed by atoms with Crippen LogP contribution >= 0.6 is 0 Å². The summed E-state index contributed by atoms with van der Waals surface area (Å²) in [6.45, 7) is 0. The molecule has 1 heterocycles. The summed E-state index contributed by atoms with van der Waals surface area (Å²) in [5, 5.41) is 1.21. The number of nitrogens with two attached hydrogens (primary N) is 1. The second-order valence-electron chi connectivity index (χ2n) is 5.72. The Labute approximate surface area is 113 Å². The van der Waals surface area contributed by atoms with Gasteiger partial charge in [0.2, 0.25) is 0 Å². The monoisotopic (exact) mass is 253 g/mol. The van der Waals surface area contributed by atoms with Crippen molar-refractivity contribution in [3.8, 4) is 0 Å². The molecule has 0 spiro atoms. The van der Waals surface area contributed by atoms with Crippen LogP contribution in [-0.4, -0.2) is 4.98 Å². The van der Waals surface area contributed by atoms with Gasteiger partial charge in [0, 0.05) is 11.1 Å². The Hall–Kier alpha value is -1.61. The molecule has 0 aliphatic heterocycles. The van der Waals surface area contributed by atoms with Gasteiger partial charge in [-0.1, -0.05) is 12.1 Å². The van der Waals surface area contributed by atoms with Gasteiger partial charge in [-0.2, -0.15) is 0 Å². The van der Waals surface area contributed by atoms with Crippen molar-refractivity contribution in [2.24, 2.45) is 5.84 Å². The van der Waals surface area contributed by atoms with Gasteiger partial charge in [-0.05, 0) is 61.6 Å². The summed E-state index contributed by atoms with van der Waals surface area (Å²) in [5.41, 5.74) is 10.8. The lowest BCUT2D eigenvalue weighted by molar-refractivity contribution is 0.689. The third-order valence-corrected chi connectivity index (χ3v) is 4.65. The number of hydrazine groups is 1. The first-order chi connectivity index (χ1) is 9.38. The molecule has 0 radical (unpaired) electrons. The van der Waals surface area contributed by atoms with Gasteiger partial charge in [0.25, 0.3) is 0 Å². The first-order valence-corrected chi connectivity index (χ1v) is 7.31. The molecular weight excluding hydrogens is 234 g/mol. The molecule has 0 amide bonds. The van der Waals surface area contributed by atoms with Crippen LogP contribution < -0.4 is 11.3 Å². The Morgan fingerprint density at radius 3 is 2.68 bits per heavy atom. The number of pyridine rings is 1. The molecular formula is C16H19N3. The highest BCUT2D eigenvalue weighted by Gasteiger charge is 2.22. The Morgan fingerprint density at radius 2 is 1.79 bits per heavy atom. The number of hydrogen-bond acceptors (Lipinski definition) is 3. The molecule has 2 aromatic rings. The number of rotatable bonds is 1. The maximum atomic E-state index is 5.79. The van der Waals surface area contributed by atoms with Crippen LogP contribution in [0.1, 0.15) is 41.6 Å².